The number of halogens is 2. The van der Waals surface area contributed by atoms with Crippen LogP contribution in [0.3, 0.4) is 0 Å². The molecule has 0 aliphatic rings. The van der Waals surface area contributed by atoms with Gasteiger partial charge in [0.15, 0.2) is 0 Å². The second kappa shape index (κ2) is 14.4. The van der Waals surface area contributed by atoms with E-state index in [2.05, 4.69) is 65.2 Å². The number of hydrogen-bond donors (Lipinski definition) is 1. The van der Waals surface area contributed by atoms with Gasteiger partial charge < -0.3 is 30.1 Å². The Hall–Kier alpha value is -1.62. The molecule has 30 heavy (non-hydrogen) atoms. The van der Waals surface area contributed by atoms with Crippen LogP contribution in [0.5, 0.6) is 0 Å². The van der Waals surface area contributed by atoms with Crippen LogP contribution in [0.25, 0.3) is 0 Å². The number of anilines is 1. The molecule has 0 saturated carbocycles. The molecule has 0 spiro atoms. The Morgan fingerprint density at radius 1 is 0.800 bits per heavy atom. The molecular weight excluding hydrogens is 458 g/mol. The smallest absolute Gasteiger partial charge is 1.00 e. The molecule has 3 rings (SSSR count). The molecule has 0 saturated heterocycles. The van der Waals surface area contributed by atoms with Crippen LogP contribution in [0.1, 0.15) is 28.1 Å². The Morgan fingerprint density at radius 3 is 1.73 bits per heavy atom. The molecule has 4 nitrogen and oxygen atoms in total. The Balaban J connectivity index is 0.00000280. The number of benzene rings is 1. The number of pyridine rings is 2. The van der Waals surface area contributed by atoms with Crippen molar-refractivity contribution in [3.05, 3.63) is 89.0 Å². The second-order valence-corrected chi connectivity index (χ2v) is 7.05. The monoisotopic (exact) mass is 485 g/mol. The van der Waals surface area contributed by atoms with Crippen molar-refractivity contribution in [1.82, 2.24) is 14.9 Å². The molecule has 0 bridgehead atoms. The molecule has 0 aliphatic carbocycles. The van der Waals surface area contributed by atoms with E-state index in [0.29, 0.717) is 0 Å². The number of aromatic nitrogens is 2. The van der Waals surface area contributed by atoms with Crippen molar-refractivity contribution in [2.24, 2.45) is 0 Å². The zero-order valence-electron chi connectivity index (χ0n) is 17.6. The predicted octanol–water partition coefficient (Wildman–Crippen LogP) is -1.48. The molecule has 0 fully saturated rings. The largest absolute Gasteiger partial charge is 2.00 e. The molecule has 161 valence electrons. The molecular formula is C23H28Cl2MnN4. The SMILES string of the molecule is Cc1cc(C)c(NCCN(Cc2ccccn2)Cc2ccccn2)c(C)c1.[Cl-].[Cl-].[Mn+2]. The van der Waals surface area contributed by atoms with E-state index < -0.39 is 0 Å². The van der Waals surface area contributed by atoms with Gasteiger partial charge in [-0.25, -0.2) is 0 Å². The van der Waals surface area contributed by atoms with E-state index in [9.17, 15) is 0 Å². The van der Waals surface area contributed by atoms with Gasteiger partial charge in [-0.1, -0.05) is 29.8 Å². The van der Waals surface area contributed by atoms with Gasteiger partial charge in [-0.3, -0.25) is 14.9 Å². The number of hydrogen-bond acceptors (Lipinski definition) is 4. The molecule has 0 unspecified atom stereocenters. The van der Waals surface area contributed by atoms with Crippen molar-refractivity contribution < 1.29 is 41.9 Å². The summed E-state index contributed by atoms with van der Waals surface area (Å²) in [5, 5.41) is 3.63. The number of aryl methyl sites for hydroxylation is 3. The van der Waals surface area contributed by atoms with Crippen LogP contribution < -0.4 is 30.1 Å². The summed E-state index contributed by atoms with van der Waals surface area (Å²) >= 11 is 0. The first-order valence-corrected chi connectivity index (χ1v) is 9.46. The molecule has 0 aliphatic heterocycles. The van der Waals surface area contributed by atoms with E-state index in [4.69, 9.17) is 0 Å². The summed E-state index contributed by atoms with van der Waals surface area (Å²) in [6.07, 6.45) is 3.71. The normalized spacial score (nSPS) is 9.87. The number of rotatable bonds is 8. The first-order chi connectivity index (χ1) is 13.1. The van der Waals surface area contributed by atoms with Crippen molar-refractivity contribution in [3.63, 3.8) is 0 Å². The van der Waals surface area contributed by atoms with E-state index in [1.807, 2.05) is 36.7 Å². The summed E-state index contributed by atoms with van der Waals surface area (Å²) in [7, 11) is 0. The van der Waals surface area contributed by atoms with Crippen LogP contribution in [0, 0.1) is 20.8 Å². The maximum atomic E-state index is 4.48. The molecule has 0 atom stereocenters. The van der Waals surface area contributed by atoms with Crippen LogP contribution in [0.4, 0.5) is 5.69 Å². The van der Waals surface area contributed by atoms with Crippen LogP contribution in [0.2, 0.25) is 0 Å². The van der Waals surface area contributed by atoms with Crippen molar-refractivity contribution >= 4 is 5.69 Å². The van der Waals surface area contributed by atoms with Gasteiger partial charge in [0.05, 0.1) is 11.4 Å². The molecule has 2 heterocycles. The second-order valence-electron chi connectivity index (χ2n) is 7.05. The number of nitrogens with zero attached hydrogens (tertiary/aromatic N) is 3. The standard InChI is InChI=1S/C23H28N4.2ClH.Mn/c1-18-14-19(2)23(20(3)15-18)26-12-13-27(16-21-8-4-6-10-24-21)17-22-9-5-7-11-25-22;;;/h4-11,14-15,26H,12-13,16-17H2,1-3H3;2*1H;/q;;;+2/p-2. The minimum absolute atomic E-state index is 0. The molecule has 1 aromatic carbocycles. The predicted molar refractivity (Wildman–Crippen MR) is 112 cm³/mol. The van der Waals surface area contributed by atoms with E-state index in [1.165, 1.54) is 22.4 Å². The minimum Gasteiger partial charge on any atom is -1.00 e. The molecule has 0 amide bonds. The van der Waals surface area contributed by atoms with Gasteiger partial charge in [0, 0.05) is 44.3 Å². The van der Waals surface area contributed by atoms with Crippen LogP contribution in [0.15, 0.2) is 60.9 Å². The fraction of sp³-hybridized carbons (Fsp3) is 0.304. The molecule has 1 N–H and O–H groups in total. The summed E-state index contributed by atoms with van der Waals surface area (Å²) in [4.78, 5) is 11.3. The third kappa shape index (κ3) is 8.63. The molecule has 1 radical (unpaired) electrons. The van der Waals surface area contributed by atoms with E-state index in [1.54, 1.807) is 0 Å². The summed E-state index contributed by atoms with van der Waals surface area (Å²) < 4.78 is 0. The zero-order chi connectivity index (χ0) is 19.1. The Morgan fingerprint density at radius 2 is 1.30 bits per heavy atom. The maximum Gasteiger partial charge on any atom is 2.00 e. The van der Waals surface area contributed by atoms with E-state index in [-0.39, 0.29) is 41.9 Å². The fourth-order valence-electron chi connectivity index (χ4n) is 3.45. The van der Waals surface area contributed by atoms with Gasteiger partial charge in [0.2, 0.25) is 0 Å². The van der Waals surface area contributed by atoms with Crippen molar-refractivity contribution in [2.75, 3.05) is 18.4 Å². The van der Waals surface area contributed by atoms with Gasteiger partial charge >= 0.3 is 17.1 Å². The molecule has 3 aromatic rings. The fourth-order valence-corrected chi connectivity index (χ4v) is 3.45. The first kappa shape index (κ1) is 28.4. The average molecular weight is 486 g/mol. The van der Waals surface area contributed by atoms with Crippen molar-refractivity contribution in [1.29, 1.82) is 0 Å². The first-order valence-electron chi connectivity index (χ1n) is 9.46. The van der Waals surface area contributed by atoms with Crippen molar-refractivity contribution in [2.45, 2.75) is 33.9 Å². The van der Waals surface area contributed by atoms with Gasteiger partial charge in [-0.2, -0.15) is 0 Å². The summed E-state index contributed by atoms with van der Waals surface area (Å²) in [5.74, 6) is 0. The topological polar surface area (TPSA) is 41.0 Å². The van der Waals surface area contributed by atoms with Crippen LogP contribution in [-0.4, -0.2) is 28.0 Å². The Kier molecular flexibility index (Phi) is 13.6. The van der Waals surface area contributed by atoms with Crippen LogP contribution >= 0.6 is 0 Å². The van der Waals surface area contributed by atoms with Gasteiger partial charge in [0.1, 0.15) is 0 Å². The summed E-state index contributed by atoms with van der Waals surface area (Å²) in [5.41, 5.74) is 7.31. The Labute approximate surface area is 203 Å². The molecule has 7 heteroatoms. The molecule has 2 aromatic heterocycles. The average Bonchev–Trinajstić information content (AvgIpc) is 2.65. The summed E-state index contributed by atoms with van der Waals surface area (Å²) in [6.45, 7) is 9.90. The van der Waals surface area contributed by atoms with Gasteiger partial charge in [0.25, 0.3) is 0 Å². The third-order valence-electron chi connectivity index (χ3n) is 4.63. The van der Waals surface area contributed by atoms with Gasteiger partial charge in [-0.15, -0.1) is 0 Å². The van der Waals surface area contributed by atoms with Crippen LogP contribution in [-0.2, 0) is 30.2 Å². The van der Waals surface area contributed by atoms with E-state index >= 15 is 0 Å². The maximum absolute atomic E-state index is 4.48. The number of nitrogens with one attached hydrogen (secondary N) is 1. The minimum atomic E-state index is 0. The third-order valence-corrected chi connectivity index (χ3v) is 4.63. The Bertz CT molecular complexity index is 799. The van der Waals surface area contributed by atoms with Gasteiger partial charge in [-0.05, 0) is 56.2 Å². The summed E-state index contributed by atoms with van der Waals surface area (Å²) in [6, 6.07) is 16.6. The van der Waals surface area contributed by atoms with Crippen molar-refractivity contribution in [3.8, 4) is 0 Å². The zero-order valence-corrected chi connectivity index (χ0v) is 20.3. The quantitative estimate of drug-likeness (QED) is 0.395. The van der Waals surface area contributed by atoms with E-state index in [0.717, 1.165) is 37.6 Å².